The molecule has 0 unspecified atom stereocenters. The highest BCUT2D eigenvalue weighted by Gasteiger charge is 2.20. The highest BCUT2D eigenvalue weighted by molar-refractivity contribution is 7.26. The molecule has 0 fully saturated rings. The Morgan fingerprint density at radius 3 is 1.62 bits per heavy atom. The molecule has 13 rings (SSSR count). The summed E-state index contributed by atoms with van der Waals surface area (Å²) in [6.45, 7) is 0. The van der Waals surface area contributed by atoms with E-state index in [1.54, 1.807) is 0 Å². The Bertz CT molecular complexity index is 3770. The van der Waals surface area contributed by atoms with Crippen molar-refractivity contribution >= 4 is 103 Å². The molecule has 0 aliphatic heterocycles. The molecule has 0 aliphatic rings. The first-order chi connectivity index (χ1) is 27.8. The maximum Gasteiger partial charge on any atom is 0.146 e. The fourth-order valence-electron chi connectivity index (χ4n) is 9.36. The van der Waals surface area contributed by atoms with Crippen LogP contribution in [-0.2, 0) is 0 Å². The summed E-state index contributed by atoms with van der Waals surface area (Å²) in [7, 11) is 0. The number of rotatable bonds is 3. The van der Waals surface area contributed by atoms with Crippen molar-refractivity contribution in [2.24, 2.45) is 0 Å². The van der Waals surface area contributed by atoms with Gasteiger partial charge in [0.05, 0.1) is 43.3 Å². The van der Waals surface area contributed by atoms with Crippen LogP contribution in [-0.4, -0.2) is 18.5 Å². The number of nitrogens with zero attached hydrogens (tertiary/aromatic N) is 4. The van der Waals surface area contributed by atoms with Crippen molar-refractivity contribution in [1.82, 2.24) is 18.5 Å². The molecule has 0 saturated heterocycles. The first-order valence-corrected chi connectivity index (χ1v) is 19.9. The minimum atomic E-state index is 0.994. The minimum absolute atomic E-state index is 0.994. The average molecular weight is 731 g/mol. The lowest BCUT2D eigenvalue weighted by molar-refractivity contribution is 1.18. The Labute approximate surface area is 324 Å². The number of benzene rings is 8. The Hall–Kier alpha value is -7.21. The van der Waals surface area contributed by atoms with Crippen LogP contribution in [0.1, 0.15) is 0 Å². The molecule has 5 aromatic heterocycles. The van der Waals surface area contributed by atoms with Gasteiger partial charge in [0.2, 0.25) is 0 Å². The van der Waals surface area contributed by atoms with E-state index in [0.717, 1.165) is 22.4 Å². The van der Waals surface area contributed by atoms with E-state index in [-0.39, 0.29) is 0 Å². The number of fused-ring (bicyclic) bond motifs is 16. The average Bonchev–Trinajstić information content (AvgIpc) is 4.01. The lowest BCUT2D eigenvalue weighted by atomic mass is 10.0. The summed E-state index contributed by atoms with van der Waals surface area (Å²) in [5.74, 6) is 0. The van der Waals surface area contributed by atoms with Crippen LogP contribution in [0.15, 0.2) is 182 Å². The number of thiophene rings is 1. The number of hydrogen-bond acceptors (Lipinski definition) is 2. The third-order valence-corrected chi connectivity index (χ3v) is 13.0. The van der Waals surface area contributed by atoms with Crippen LogP contribution in [0.4, 0.5) is 0 Å². The van der Waals surface area contributed by atoms with E-state index in [1.807, 2.05) is 11.3 Å². The minimum Gasteiger partial charge on any atom is -0.309 e. The van der Waals surface area contributed by atoms with Gasteiger partial charge in [-0.15, -0.1) is 11.3 Å². The Balaban J connectivity index is 1.03. The van der Waals surface area contributed by atoms with E-state index in [1.165, 1.54) is 91.5 Å². The largest absolute Gasteiger partial charge is 0.309 e. The predicted molar refractivity (Wildman–Crippen MR) is 237 cm³/mol. The molecule has 0 saturated carbocycles. The number of hydrogen-bond donors (Lipinski definition) is 0. The van der Waals surface area contributed by atoms with Gasteiger partial charge in [-0.25, -0.2) is 4.98 Å². The van der Waals surface area contributed by atoms with E-state index in [4.69, 9.17) is 4.98 Å². The van der Waals surface area contributed by atoms with Gasteiger partial charge in [0, 0.05) is 53.8 Å². The molecule has 56 heavy (non-hydrogen) atoms. The standard InChI is InChI=1S/C51H30N4S/c1-2-12-33(13-3-1)53-43-19-9-6-14-35(43)40-28-31(22-26-45(40)53)32-23-27-46-41(29-32)36-15-7-10-20-44(36)54(46)34-24-25-42-47(30-34)55-49-39-18-8-11-21-48(39)56-50(49)37-16-4-5-17-38(37)51(55)52-42/h1-30H. The predicted octanol–water partition coefficient (Wildman–Crippen LogP) is 13.9. The van der Waals surface area contributed by atoms with Crippen molar-refractivity contribution in [3.8, 4) is 22.5 Å². The Kier molecular flexibility index (Phi) is 6.01. The van der Waals surface area contributed by atoms with Gasteiger partial charge < -0.3 is 9.13 Å². The third kappa shape index (κ3) is 4.04. The maximum atomic E-state index is 5.29. The molecule has 0 bridgehead atoms. The molecule has 4 nitrogen and oxygen atoms in total. The van der Waals surface area contributed by atoms with Crippen molar-refractivity contribution < 1.29 is 0 Å². The van der Waals surface area contributed by atoms with Crippen LogP contribution in [0.25, 0.3) is 114 Å². The molecule has 0 amide bonds. The van der Waals surface area contributed by atoms with Gasteiger partial charge in [-0.05, 0) is 83.9 Å². The maximum absolute atomic E-state index is 5.29. The molecule has 0 aliphatic carbocycles. The second-order valence-electron chi connectivity index (χ2n) is 14.8. The molecular formula is C51H30N4S. The Morgan fingerprint density at radius 1 is 0.375 bits per heavy atom. The summed E-state index contributed by atoms with van der Waals surface area (Å²) in [5, 5.41) is 8.69. The topological polar surface area (TPSA) is 27.2 Å². The second kappa shape index (κ2) is 11.2. The lowest BCUT2D eigenvalue weighted by Crippen LogP contribution is -1.95. The highest BCUT2D eigenvalue weighted by Crippen LogP contribution is 2.43. The van der Waals surface area contributed by atoms with Crippen molar-refractivity contribution in [2.45, 2.75) is 0 Å². The number of imidazole rings is 1. The molecule has 5 heteroatoms. The van der Waals surface area contributed by atoms with Crippen molar-refractivity contribution in [3.63, 3.8) is 0 Å². The molecule has 0 radical (unpaired) electrons. The van der Waals surface area contributed by atoms with Crippen LogP contribution in [0.5, 0.6) is 0 Å². The quantitative estimate of drug-likeness (QED) is 0.178. The van der Waals surface area contributed by atoms with Gasteiger partial charge >= 0.3 is 0 Å². The Morgan fingerprint density at radius 2 is 0.929 bits per heavy atom. The molecular weight excluding hydrogens is 701 g/mol. The first kappa shape index (κ1) is 30.2. The normalized spacial score (nSPS) is 12.3. The first-order valence-electron chi connectivity index (χ1n) is 19.1. The summed E-state index contributed by atoms with van der Waals surface area (Å²) >= 11 is 1.87. The number of aromatic nitrogens is 4. The van der Waals surface area contributed by atoms with Gasteiger partial charge in [0.15, 0.2) is 0 Å². The van der Waals surface area contributed by atoms with Gasteiger partial charge in [-0.1, -0.05) is 109 Å². The van der Waals surface area contributed by atoms with Crippen molar-refractivity contribution in [1.29, 1.82) is 0 Å². The smallest absolute Gasteiger partial charge is 0.146 e. The number of para-hydroxylation sites is 3. The van der Waals surface area contributed by atoms with Gasteiger partial charge in [0.1, 0.15) is 5.65 Å². The molecule has 8 aromatic carbocycles. The van der Waals surface area contributed by atoms with Crippen LogP contribution in [0.2, 0.25) is 0 Å². The number of pyridine rings is 1. The van der Waals surface area contributed by atoms with Gasteiger partial charge in [-0.3, -0.25) is 4.40 Å². The molecule has 0 atom stereocenters. The lowest BCUT2D eigenvalue weighted by Gasteiger charge is -2.10. The second-order valence-corrected chi connectivity index (χ2v) is 15.8. The highest BCUT2D eigenvalue weighted by atomic mass is 32.1. The molecule has 13 aromatic rings. The van der Waals surface area contributed by atoms with Crippen molar-refractivity contribution in [2.75, 3.05) is 0 Å². The summed E-state index contributed by atoms with van der Waals surface area (Å²) in [6, 6.07) is 66.4. The SMILES string of the molecule is c1ccc(-n2c3ccccc3c3cc(-c4ccc5c(c4)c4ccccc4n5-c4ccc5nc6c7ccccc7c7sc8ccccc8c7n6c5c4)ccc32)cc1. The van der Waals surface area contributed by atoms with Crippen LogP contribution in [0.3, 0.4) is 0 Å². The molecule has 5 heterocycles. The summed E-state index contributed by atoms with van der Waals surface area (Å²) < 4.78 is 9.80. The molecule has 0 spiro atoms. The zero-order valence-electron chi connectivity index (χ0n) is 30.0. The van der Waals surface area contributed by atoms with Gasteiger partial charge in [-0.2, -0.15) is 0 Å². The summed E-state index contributed by atoms with van der Waals surface area (Å²) in [6.07, 6.45) is 0. The fraction of sp³-hybridized carbons (Fsp3) is 0. The molecule has 0 N–H and O–H groups in total. The summed E-state index contributed by atoms with van der Waals surface area (Å²) in [4.78, 5) is 5.29. The van der Waals surface area contributed by atoms with E-state index < -0.39 is 0 Å². The van der Waals surface area contributed by atoms with Gasteiger partial charge in [0.25, 0.3) is 0 Å². The molecule has 260 valence electrons. The monoisotopic (exact) mass is 730 g/mol. The zero-order valence-corrected chi connectivity index (χ0v) is 30.8. The van der Waals surface area contributed by atoms with Crippen LogP contribution >= 0.6 is 11.3 Å². The van der Waals surface area contributed by atoms with Crippen molar-refractivity contribution in [3.05, 3.63) is 182 Å². The van der Waals surface area contributed by atoms with E-state index in [9.17, 15) is 0 Å². The van der Waals surface area contributed by atoms with E-state index >= 15 is 0 Å². The van der Waals surface area contributed by atoms with E-state index in [0.29, 0.717) is 0 Å². The van der Waals surface area contributed by atoms with Crippen LogP contribution < -0.4 is 0 Å². The van der Waals surface area contributed by atoms with Crippen LogP contribution in [0, 0.1) is 0 Å². The van der Waals surface area contributed by atoms with E-state index in [2.05, 4.69) is 196 Å². The third-order valence-electron chi connectivity index (χ3n) is 11.8. The summed E-state index contributed by atoms with van der Waals surface area (Å²) in [5.41, 5.74) is 13.8. The zero-order chi connectivity index (χ0) is 36.5. The fourth-order valence-corrected chi connectivity index (χ4v) is 10.6.